The lowest BCUT2D eigenvalue weighted by Gasteiger charge is -2.25. The van der Waals surface area contributed by atoms with E-state index in [0.717, 1.165) is 44.8 Å². The highest BCUT2D eigenvalue weighted by Gasteiger charge is 2.27. The van der Waals surface area contributed by atoms with Crippen molar-refractivity contribution in [3.63, 3.8) is 0 Å². The van der Waals surface area contributed by atoms with Crippen LogP contribution in [0.5, 0.6) is 0 Å². The Morgan fingerprint density at radius 3 is 2.91 bits per heavy atom. The van der Waals surface area contributed by atoms with Crippen LogP contribution in [0.1, 0.15) is 61.9 Å². The molecule has 0 aliphatic carbocycles. The van der Waals surface area contributed by atoms with Crippen LogP contribution in [-0.4, -0.2) is 47.4 Å². The standard InChI is InChI=1S/C18H28N2O2/c1-13(2)17-6-5-16(14-7-9-22-12-14)18(19-17)10-20-8-3-4-15(20)11-21/h5-6,13-15,21H,3-4,7-12H2,1-2H3/t14-,15-/m1/s1. The smallest absolute Gasteiger partial charge is 0.0587 e. The molecular formula is C18H28N2O2. The maximum Gasteiger partial charge on any atom is 0.0587 e. The highest BCUT2D eigenvalue weighted by molar-refractivity contribution is 5.29. The van der Waals surface area contributed by atoms with Gasteiger partial charge in [0.1, 0.15) is 0 Å². The molecule has 0 saturated carbocycles. The quantitative estimate of drug-likeness (QED) is 0.908. The van der Waals surface area contributed by atoms with Crippen molar-refractivity contribution in [3.8, 4) is 0 Å². The van der Waals surface area contributed by atoms with Crippen LogP contribution >= 0.6 is 0 Å². The Morgan fingerprint density at radius 1 is 1.36 bits per heavy atom. The predicted octanol–water partition coefficient (Wildman–Crippen LogP) is 2.67. The number of nitrogens with zero attached hydrogens (tertiary/aromatic N) is 2. The van der Waals surface area contributed by atoms with Crippen molar-refractivity contribution in [2.75, 3.05) is 26.4 Å². The number of aliphatic hydroxyl groups is 1. The summed E-state index contributed by atoms with van der Waals surface area (Å²) >= 11 is 0. The van der Waals surface area contributed by atoms with Gasteiger partial charge in [0.05, 0.1) is 18.9 Å². The van der Waals surface area contributed by atoms with Gasteiger partial charge in [-0.2, -0.15) is 0 Å². The van der Waals surface area contributed by atoms with Gasteiger partial charge in [0.15, 0.2) is 0 Å². The first-order valence-corrected chi connectivity index (χ1v) is 8.61. The normalized spacial score (nSPS) is 26.2. The van der Waals surface area contributed by atoms with E-state index in [0.29, 0.717) is 17.9 Å². The maximum absolute atomic E-state index is 9.56. The Kier molecular flexibility index (Phi) is 5.11. The molecule has 0 aromatic carbocycles. The molecule has 0 bridgehead atoms. The molecule has 0 amide bonds. The molecule has 4 heteroatoms. The van der Waals surface area contributed by atoms with Crippen molar-refractivity contribution in [3.05, 3.63) is 29.1 Å². The largest absolute Gasteiger partial charge is 0.395 e. The molecule has 0 radical (unpaired) electrons. The SMILES string of the molecule is CC(C)c1ccc([C@@H]2CCOC2)c(CN2CCC[C@@H]2CO)n1. The number of aliphatic hydroxyl groups excluding tert-OH is 1. The molecule has 1 aromatic rings. The Balaban J connectivity index is 1.86. The second kappa shape index (κ2) is 7.07. The first-order chi connectivity index (χ1) is 10.7. The molecule has 122 valence electrons. The summed E-state index contributed by atoms with van der Waals surface area (Å²) in [6.45, 7) is 8.24. The van der Waals surface area contributed by atoms with Crippen molar-refractivity contribution in [1.29, 1.82) is 0 Å². The van der Waals surface area contributed by atoms with Crippen molar-refractivity contribution in [1.82, 2.24) is 9.88 Å². The van der Waals surface area contributed by atoms with Crippen LogP contribution in [0.3, 0.4) is 0 Å². The highest BCUT2D eigenvalue weighted by atomic mass is 16.5. The van der Waals surface area contributed by atoms with Crippen molar-refractivity contribution < 1.29 is 9.84 Å². The molecule has 2 saturated heterocycles. The molecule has 4 nitrogen and oxygen atoms in total. The van der Waals surface area contributed by atoms with E-state index in [9.17, 15) is 5.11 Å². The number of pyridine rings is 1. The average molecular weight is 304 g/mol. The van der Waals surface area contributed by atoms with Gasteiger partial charge in [-0.15, -0.1) is 0 Å². The minimum atomic E-state index is 0.256. The summed E-state index contributed by atoms with van der Waals surface area (Å²) in [6.07, 6.45) is 3.37. The third-order valence-corrected chi connectivity index (χ3v) is 5.05. The number of hydrogen-bond acceptors (Lipinski definition) is 4. The second-order valence-corrected chi connectivity index (χ2v) is 6.94. The summed E-state index contributed by atoms with van der Waals surface area (Å²) in [5, 5.41) is 9.56. The molecule has 2 aliphatic heterocycles. The van der Waals surface area contributed by atoms with E-state index < -0.39 is 0 Å². The number of hydrogen-bond donors (Lipinski definition) is 1. The first-order valence-electron chi connectivity index (χ1n) is 8.61. The topological polar surface area (TPSA) is 45.6 Å². The second-order valence-electron chi connectivity index (χ2n) is 6.94. The molecule has 0 spiro atoms. The van der Waals surface area contributed by atoms with Crippen molar-refractivity contribution in [2.45, 2.75) is 57.5 Å². The maximum atomic E-state index is 9.56. The summed E-state index contributed by atoms with van der Waals surface area (Å²) in [4.78, 5) is 7.36. The molecule has 1 N–H and O–H groups in total. The van der Waals surface area contributed by atoms with E-state index in [-0.39, 0.29) is 6.61 Å². The van der Waals surface area contributed by atoms with Gasteiger partial charge in [-0.25, -0.2) is 0 Å². The predicted molar refractivity (Wildman–Crippen MR) is 87.0 cm³/mol. The van der Waals surface area contributed by atoms with Crippen LogP contribution in [-0.2, 0) is 11.3 Å². The lowest BCUT2D eigenvalue weighted by Crippen LogP contribution is -2.32. The van der Waals surface area contributed by atoms with E-state index >= 15 is 0 Å². The Hall–Kier alpha value is -0.970. The summed E-state index contributed by atoms with van der Waals surface area (Å²) in [7, 11) is 0. The van der Waals surface area contributed by atoms with Crippen LogP contribution in [0.25, 0.3) is 0 Å². The van der Waals surface area contributed by atoms with Gasteiger partial charge in [0.2, 0.25) is 0 Å². The molecule has 2 aliphatic rings. The Bertz CT molecular complexity index is 498. The minimum absolute atomic E-state index is 0.256. The lowest BCUT2D eigenvalue weighted by molar-refractivity contribution is 0.151. The van der Waals surface area contributed by atoms with Gasteiger partial charge in [0.25, 0.3) is 0 Å². The van der Waals surface area contributed by atoms with E-state index in [1.54, 1.807) is 0 Å². The molecule has 3 rings (SSSR count). The van der Waals surface area contributed by atoms with Crippen LogP contribution in [0.4, 0.5) is 0 Å². The molecule has 2 fully saturated rings. The fourth-order valence-electron chi connectivity index (χ4n) is 3.63. The number of aromatic nitrogens is 1. The first kappa shape index (κ1) is 15.9. The number of likely N-dealkylation sites (tertiary alicyclic amines) is 1. The van der Waals surface area contributed by atoms with Crippen LogP contribution in [0, 0.1) is 0 Å². The third kappa shape index (κ3) is 3.34. The number of ether oxygens (including phenoxy) is 1. The van der Waals surface area contributed by atoms with Crippen LogP contribution < -0.4 is 0 Å². The van der Waals surface area contributed by atoms with Gasteiger partial charge >= 0.3 is 0 Å². The molecule has 22 heavy (non-hydrogen) atoms. The molecular weight excluding hydrogens is 276 g/mol. The average Bonchev–Trinajstić information content (AvgIpc) is 3.18. The Morgan fingerprint density at radius 2 is 2.23 bits per heavy atom. The minimum Gasteiger partial charge on any atom is -0.395 e. The van der Waals surface area contributed by atoms with Gasteiger partial charge in [-0.05, 0) is 43.4 Å². The van der Waals surface area contributed by atoms with E-state index in [4.69, 9.17) is 9.72 Å². The zero-order valence-electron chi connectivity index (χ0n) is 13.8. The fourth-order valence-corrected chi connectivity index (χ4v) is 3.63. The lowest BCUT2D eigenvalue weighted by atomic mass is 9.95. The summed E-state index contributed by atoms with van der Waals surface area (Å²) in [6, 6.07) is 4.74. The molecule has 3 heterocycles. The number of rotatable bonds is 5. The van der Waals surface area contributed by atoms with E-state index in [1.165, 1.54) is 17.7 Å². The van der Waals surface area contributed by atoms with Gasteiger partial charge < -0.3 is 9.84 Å². The van der Waals surface area contributed by atoms with Crippen molar-refractivity contribution >= 4 is 0 Å². The van der Waals surface area contributed by atoms with Crippen molar-refractivity contribution in [2.24, 2.45) is 0 Å². The monoisotopic (exact) mass is 304 g/mol. The van der Waals surface area contributed by atoms with Crippen LogP contribution in [0.2, 0.25) is 0 Å². The molecule has 1 aromatic heterocycles. The third-order valence-electron chi connectivity index (χ3n) is 5.05. The van der Waals surface area contributed by atoms with Crippen LogP contribution in [0.15, 0.2) is 12.1 Å². The zero-order valence-corrected chi connectivity index (χ0v) is 13.8. The van der Waals surface area contributed by atoms with Gasteiger partial charge in [-0.3, -0.25) is 9.88 Å². The zero-order chi connectivity index (χ0) is 15.5. The summed E-state index contributed by atoms with van der Waals surface area (Å²) < 4.78 is 5.58. The summed E-state index contributed by atoms with van der Waals surface area (Å²) in [5.41, 5.74) is 3.71. The van der Waals surface area contributed by atoms with E-state index in [2.05, 4.69) is 30.9 Å². The fraction of sp³-hybridized carbons (Fsp3) is 0.722. The Labute approximate surface area is 133 Å². The van der Waals surface area contributed by atoms with E-state index in [1.807, 2.05) is 0 Å². The molecule has 0 unspecified atom stereocenters. The summed E-state index contributed by atoms with van der Waals surface area (Å²) in [5.74, 6) is 0.929. The molecule has 2 atom stereocenters. The van der Waals surface area contributed by atoms with Gasteiger partial charge in [-0.1, -0.05) is 19.9 Å². The highest BCUT2D eigenvalue weighted by Crippen LogP contribution is 2.30. The van der Waals surface area contributed by atoms with Gasteiger partial charge in [0, 0.05) is 30.8 Å².